The molecule has 0 saturated heterocycles. The first-order valence-corrected chi connectivity index (χ1v) is 12.8. The van der Waals surface area contributed by atoms with E-state index < -0.39 is 29.2 Å². The van der Waals surface area contributed by atoms with Crippen molar-refractivity contribution in [1.82, 2.24) is 14.7 Å². The van der Waals surface area contributed by atoms with Crippen LogP contribution in [0.15, 0.2) is 48.0 Å². The first-order valence-electron chi connectivity index (χ1n) is 11.9. The van der Waals surface area contributed by atoms with Gasteiger partial charge in [0.15, 0.2) is 4.96 Å². The molecule has 2 amide bonds. The largest absolute Gasteiger partial charge is 0.489 e. The second-order valence-electron chi connectivity index (χ2n) is 9.41. The topological polar surface area (TPSA) is 85.2 Å². The molecule has 1 aliphatic rings. The van der Waals surface area contributed by atoms with Gasteiger partial charge in [-0.2, -0.15) is 0 Å². The van der Waals surface area contributed by atoms with Crippen LogP contribution in [-0.4, -0.2) is 53.6 Å². The van der Waals surface area contributed by atoms with Crippen LogP contribution in [0.1, 0.15) is 29.9 Å². The molecular formula is C28H24F2N4O4S. The van der Waals surface area contributed by atoms with E-state index in [-0.39, 0.29) is 23.8 Å². The smallest absolute Gasteiger partial charge is 0.272 e. The number of nitrogens with zero attached hydrogens (tertiary/aromatic N) is 3. The lowest BCUT2D eigenvalue weighted by Gasteiger charge is -2.20. The number of ether oxygens (including phenoxy) is 2. The summed E-state index contributed by atoms with van der Waals surface area (Å²) in [6.45, 7) is 3.61. The average Bonchev–Trinajstić information content (AvgIpc) is 3.48. The molecule has 4 aromatic rings. The van der Waals surface area contributed by atoms with Gasteiger partial charge in [0.2, 0.25) is 0 Å². The van der Waals surface area contributed by atoms with Crippen molar-refractivity contribution < 1.29 is 27.8 Å². The Bertz CT molecular complexity index is 1670. The van der Waals surface area contributed by atoms with Crippen LogP contribution in [0.4, 0.5) is 14.5 Å². The minimum absolute atomic E-state index is 0.0427. The summed E-state index contributed by atoms with van der Waals surface area (Å²) in [5, 5.41) is 4.36. The van der Waals surface area contributed by atoms with Crippen molar-refractivity contribution >= 4 is 33.8 Å². The molecule has 0 bridgehead atoms. The maximum absolute atomic E-state index is 14.4. The fourth-order valence-corrected chi connectivity index (χ4v) is 4.84. The predicted octanol–water partition coefficient (Wildman–Crippen LogP) is 4.27. The lowest BCUT2D eigenvalue weighted by atomic mass is 10.1. The number of aromatic nitrogens is 2. The van der Waals surface area contributed by atoms with Crippen LogP contribution in [0.25, 0.3) is 16.2 Å². The minimum Gasteiger partial charge on any atom is -0.489 e. The molecular weight excluding hydrogens is 526 g/mol. The summed E-state index contributed by atoms with van der Waals surface area (Å²) in [7, 11) is 3.18. The third kappa shape index (κ3) is 5.21. The van der Waals surface area contributed by atoms with Crippen molar-refractivity contribution in [1.29, 1.82) is 0 Å². The van der Waals surface area contributed by atoms with Gasteiger partial charge in [-0.25, -0.2) is 13.8 Å². The number of likely N-dealkylation sites (N-methyl/N-ethyl adjacent to an activating group) is 1. The van der Waals surface area contributed by atoms with Crippen molar-refractivity contribution in [3.8, 4) is 28.8 Å². The summed E-state index contributed by atoms with van der Waals surface area (Å²) in [5.74, 6) is 4.19. The molecule has 39 heavy (non-hydrogen) atoms. The third-order valence-corrected chi connectivity index (χ3v) is 7.17. The van der Waals surface area contributed by atoms with Crippen molar-refractivity contribution in [2.24, 2.45) is 0 Å². The van der Waals surface area contributed by atoms with Gasteiger partial charge in [0.05, 0.1) is 11.4 Å². The molecule has 5 rings (SSSR count). The number of amides is 2. The maximum atomic E-state index is 14.4. The molecule has 3 heterocycles. The molecule has 0 radical (unpaired) electrons. The number of hydrogen-bond donors (Lipinski definition) is 1. The number of imidazole rings is 1. The van der Waals surface area contributed by atoms with E-state index in [2.05, 4.69) is 22.1 Å². The molecule has 11 heteroatoms. The van der Waals surface area contributed by atoms with Gasteiger partial charge in [0, 0.05) is 42.9 Å². The van der Waals surface area contributed by atoms with Gasteiger partial charge < -0.3 is 19.7 Å². The highest BCUT2D eigenvalue weighted by atomic mass is 32.1. The first kappa shape index (κ1) is 26.3. The van der Waals surface area contributed by atoms with E-state index >= 15 is 0 Å². The molecule has 200 valence electrons. The van der Waals surface area contributed by atoms with Crippen molar-refractivity contribution in [3.63, 3.8) is 0 Å². The molecule has 1 aliphatic heterocycles. The Labute approximate surface area is 227 Å². The van der Waals surface area contributed by atoms with Gasteiger partial charge in [-0.3, -0.25) is 14.0 Å². The number of benzene rings is 2. The summed E-state index contributed by atoms with van der Waals surface area (Å²) in [5.41, 5.74) is 1.21. The molecule has 0 unspecified atom stereocenters. The highest BCUT2D eigenvalue weighted by Gasteiger charge is 2.31. The Morgan fingerprint density at radius 2 is 2.05 bits per heavy atom. The normalized spacial score (nSPS) is 15.3. The number of halogens is 2. The molecule has 0 saturated carbocycles. The van der Waals surface area contributed by atoms with Gasteiger partial charge in [-0.15, -0.1) is 11.3 Å². The highest BCUT2D eigenvalue weighted by molar-refractivity contribution is 7.15. The second kappa shape index (κ2) is 10.1. The SMILES string of the molecule is COC(C)(C)C#Cc1ccc2c(c1)N(C)C(=O)[C@@H](NC(=O)c1cn3c(-c4ccc(F)cc4F)csc3n1)CO2. The average molecular weight is 551 g/mol. The summed E-state index contributed by atoms with van der Waals surface area (Å²) in [6, 6.07) is 7.57. The van der Waals surface area contributed by atoms with E-state index in [0.29, 0.717) is 27.7 Å². The van der Waals surface area contributed by atoms with Crippen LogP contribution >= 0.6 is 11.3 Å². The summed E-state index contributed by atoms with van der Waals surface area (Å²) < 4.78 is 40.5. The van der Waals surface area contributed by atoms with E-state index in [1.165, 1.54) is 28.5 Å². The van der Waals surface area contributed by atoms with Crippen molar-refractivity contribution in [2.45, 2.75) is 25.5 Å². The highest BCUT2D eigenvalue weighted by Crippen LogP contribution is 2.32. The molecule has 1 N–H and O–H groups in total. The van der Waals surface area contributed by atoms with E-state index in [9.17, 15) is 18.4 Å². The molecule has 2 aromatic heterocycles. The van der Waals surface area contributed by atoms with Crippen LogP contribution in [0.3, 0.4) is 0 Å². The standard InChI is InChI=1S/C28H24F2N4O4S/c1-28(2,37-4)10-9-16-5-8-24-22(11-16)33(3)26(36)21(14-38-24)31-25(35)20-13-34-23(15-39-27(34)32-20)18-7-6-17(29)12-19(18)30/h5-8,11-13,15,21H,14H2,1-4H3,(H,31,35)/t21-/m0/s1. The molecule has 0 aliphatic carbocycles. The summed E-state index contributed by atoms with van der Waals surface area (Å²) >= 11 is 1.20. The molecule has 2 aromatic carbocycles. The zero-order valence-electron chi connectivity index (χ0n) is 21.5. The van der Waals surface area contributed by atoms with Gasteiger partial charge in [0.1, 0.15) is 41.3 Å². The zero-order chi connectivity index (χ0) is 27.9. The zero-order valence-corrected chi connectivity index (χ0v) is 22.4. The van der Waals surface area contributed by atoms with Gasteiger partial charge in [0.25, 0.3) is 11.8 Å². The fraction of sp³-hybridized carbons (Fsp3) is 0.250. The van der Waals surface area contributed by atoms with Crippen LogP contribution in [0.2, 0.25) is 0 Å². The summed E-state index contributed by atoms with van der Waals surface area (Å²) in [4.78, 5) is 32.5. The minimum atomic E-state index is -0.981. The number of carbonyl (C=O) groups excluding carboxylic acids is 2. The van der Waals surface area contributed by atoms with Crippen LogP contribution < -0.4 is 15.0 Å². The second-order valence-corrected chi connectivity index (χ2v) is 10.2. The predicted molar refractivity (Wildman–Crippen MR) is 143 cm³/mol. The van der Waals surface area contributed by atoms with E-state index in [0.717, 1.165) is 12.1 Å². The van der Waals surface area contributed by atoms with E-state index in [4.69, 9.17) is 9.47 Å². The first-order chi connectivity index (χ1) is 18.6. The Balaban J connectivity index is 1.35. The van der Waals surface area contributed by atoms with Crippen molar-refractivity contribution in [3.05, 3.63) is 70.9 Å². The number of hydrogen-bond acceptors (Lipinski definition) is 6. The van der Waals surface area contributed by atoms with Crippen LogP contribution in [-0.2, 0) is 9.53 Å². The number of fused-ring (bicyclic) bond motifs is 2. The monoisotopic (exact) mass is 550 g/mol. The Kier molecular flexibility index (Phi) is 6.84. The number of carbonyl (C=O) groups is 2. The van der Waals surface area contributed by atoms with Gasteiger partial charge >= 0.3 is 0 Å². The van der Waals surface area contributed by atoms with Gasteiger partial charge in [-0.1, -0.05) is 11.8 Å². The van der Waals surface area contributed by atoms with E-state index in [1.807, 2.05) is 13.8 Å². The molecule has 0 fully saturated rings. The Morgan fingerprint density at radius 1 is 1.26 bits per heavy atom. The third-order valence-electron chi connectivity index (χ3n) is 6.33. The number of methoxy groups -OCH3 is 1. The fourth-order valence-electron chi connectivity index (χ4n) is 3.97. The molecule has 8 nitrogen and oxygen atoms in total. The quantitative estimate of drug-likeness (QED) is 0.384. The van der Waals surface area contributed by atoms with Crippen molar-refractivity contribution in [2.75, 3.05) is 25.7 Å². The lowest BCUT2D eigenvalue weighted by molar-refractivity contribution is -0.120. The number of anilines is 1. The lowest BCUT2D eigenvalue weighted by Crippen LogP contribution is -2.49. The Hall–Kier alpha value is -4.27. The number of rotatable bonds is 4. The Morgan fingerprint density at radius 3 is 2.79 bits per heavy atom. The summed E-state index contributed by atoms with van der Waals surface area (Å²) in [6.07, 6.45) is 1.45. The number of thiazole rings is 1. The maximum Gasteiger partial charge on any atom is 0.272 e. The van der Waals surface area contributed by atoms with Crippen LogP contribution in [0, 0.1) is 23.5 Å². The number of nitrogens with one attached hydrogen (secondary N) is 1. The molecule has 0 spiro atoms. The van der Waals surface area contributed by atoms with E-state index in [1.54, 1.807) is 42.1 Å². The van der Waals surface area contributed by atoms with Gasteiger partial charge in [-0.05, 0) is 44.2 Å². The molecule has 1 atom stereocenters. The van der Waals surface area contributed by atoms with Crippen LogP contribution in [0.5, 0.6) is 5.75 Å².